The fraction of sp³-hybridized carbons (Fsp3) is 0.500. The molecular formula is C16H21NO3. The number of carbonyl (C=O) groups excluding carboxylic acids is 1. The van der Waals surface area contributed by atoms with E-state index in [2.05, 4.69) is 6.92 Å². The number of nitrogens with zero attached hydrogens (tertiary/aromatic N) is 1. The topological polar surface area (TPSA) is 57.6 Å². The lowest BCUT2D eigenvalue weighted by Crippen LogP contribution is -2.39. The van der Waals surface area contributed by atoms with E-state index in [0.29, 0.717) is 11.5 Å². The van der Waals surface area contributed by atoms with E-state index < -0.39 is 5.97 Å². The zero-order chi connectivity index (χ0) is 14.5. The lowest BCUT2D eigenvalue weighted by molar-refractivity contribution is 0.0667. The van der Waals surface area contributed by atoms with Crippen molar-refractivity contribution in [3.8, 4) is 0 Å². The highest BCUT2D eigenvalue weighted by Gasteiger charge is 2.24. The van der Waals surface area contributed by atoms with E-state index in [1.807, 2.05) is 4.90 Å². The Bertz CT molecular complexity index is 496. The summed E-state index contributed by atoms with van der Waals surface area (Å²) in [6.07, 6.45) is 4.52. The van der Waals surface area contributed by atoms with Crippen molar-refractivity contribution in [2.45, 2.75) is 32.6 Å². The average molecular weight is 275 g/mol. The molecule has 1 fully saturated rings. The molecule has 1 aliphatic rings. The molecule has 1 heterocycles. The fourth-order valence-corrected chi connectivity index (χ4v) is 2.86. The Kier molecular flexibility index (Phi) is 4.77. The second-order valence-corrected chi connectivity index (χ2v) is 5.43. The van der Waals surface area contributed by atoms with E-state index in [4.69, 9.17) is 5.11 Å². The Hall–Kier alpha value is -1.84. The Morgan fingerprint density at radius 3 is 2.80 bits per heavy atom. The van der Waals surface area contributed by atoms with Crippen LogP contribution in [-0.2, 0) is 0 Å². The minimum atomic E-state index is -0.998. The summed E-state index contributed by atoms with van der Waals surface area (Å²) in [6, 6.07) is 6.30. The molecule has 0 aromatic heterocycles. The van der Waals surface area contributed by atoms with Crippen LogP contribution in [0.2, 0.25) is 0 Å². The molecular weight excluding hydrogens is 254 g/mol. The minimum Gasteiger partial charge on any atom is -0.478 e. The van der Waals surface area contributed by atoms with Gasteiger partial charge in [0.2, 0.25) is 0 Å². The van der Waals surface area contributed by atoms with Crippen molar-refractivity contribution in [1.29, 1.82) is 0 Å². The van der Waals surface area contributed by atoms with Crippen LogP contribution in [0.5, 0.6) is 0 Å². The van der Waals surface area contributed by atoms with Gasteiger partial charge in [0, 0.05) is 18.7 Å². The Morgan fingerprint density at radius 2 is 2.10 bits per heavy atom. The molecule has 1 N–H and O–H groups in total. The zero-order valence-electron chi connectivity index (χ0n) is 11.8. The molecule has 0 bridgehead atoms. The van der Waals surface area contributed by atoms with E-state index in [1.165, 1.54) is 18.6 Å². The van der Waals surface area contributed by atoms with Crippen LogP contribution in [0, 0.1) is 5.92 Å². The summed E-state index contributed by atoms with van der Waals surface area (Å²) < 4.78 is 0. The van der Waals surface area contributed by atoms with Crippen molar-refractivity contribution in [3.05, 3.63) is 35.4 Å². The third-order valence-corrected chi connectivity index (χ3v) is 3.86. The lowest BCUT2D eigenvalue weighted by Gasteiger charge is -2.32. The van der Waals surface area contributed by atoms with Gasteiger partial charge >= 0.3 is 5.97 Å². The molecule has 0 spiro atoms. The summed E-state index contributed by atoms with van der Waals surface area (Å²) in [6.45, 7) is 3.73. The smallest absolute Gasteiger partial charge is 0.335 e. The van der Waals surface area contributed by atoms with Crippen molar-refractivity contribution in [2.75, 3.05) is 13.1 Å². The fourth-order valence-electron chi connectivity index (χ4n) is 2.86. The minimum absolute atomic E-state index is 0.0473. The van der Waals surface area contributed by atoms with E-state index in [1.54, 1.807) is 12.1 Å². The van der Waals surface area contributed by atoms with Gasteiger partial charge in [-0.15, -0.1) is 0 Å². The van der Waals surface area contributed by atoms with Crippen LogP contribution in [0.3, 0.4) is 0 Å². The van der Waals surface area contributed by atoms with Gasteiger partial charge in [0.25, 0.3) is 5.91 Å². The summed E-state index contributed by atoms with van der Waals surface area (Å²) >= 11 is 0. The molecule has 4 nitrogen and oxygen atoms in total. The van der Waals surface area contributed by atoms with Crippen molar-refractivity contribution in [3.63, 3.8) is 0 Å². The first-order valence-corrected chi connectivity index (χ1v) is 7.24. The first-order valence-electron chi connectivity index (χ1n) is 7.24. The second kappa shape index (κ2) is 6.55. The molecule has 20 heavy (non-hydrogen) atoms. The standard InChI is InChI=1S/C16H21NO3/c1-2-5-12-6-4-9-17(11-12)15(18)13-7-3-8-14(10-13)16(19)20/h3,7-8,10,12H,2,4-6,9,11H2,1H3,(H,19,20). The molecule has 1 saturated heterocycles. The largest absolute Gasteiger partial charge is 0.478 e. The number of carbonyl (C=O) groups is 2. The maximum absolute atomic E-state index is 12.5. The van der Waals surface area contributed by atoms with Crippen molar-refractivity contribution in [1.82, 2.24) is 4.90 Å². The SMILES string of the molecule is CCCC1CCCN(C(=O)c2cccc(C(=O)O)c2)C1. The number of hydrogen-bond donors (Lipinski definition) is 1. The lowest BCUT2D eigenvalue weighted by atomic mass is 9.93. The van der Waals surface area contributed by atoms with Crippen molar-refractivity contribution < 1.29 is 14.7 Å². The quantitative estimate of drug-likeness (QED) is 0.918. The Labute approximate surface area is 119 Å². The van der Waals surface area contributed by atoms with Gasteiger partial charge < -0.3 is 10.0 Å². The highest BCUT2D eigenvalue weighted by Crippen LogP contribution is 2.22. The monoisotopic (exact) mass is 275 g/mol. The number of carboxylic acid groups (broad SMARTS) is 1. The predicted molar refractivity (Wildman–Crippen MR) is 76.9 cm³/mol. The third-order valence-electron chi connectivity index (χ3n) is 3.86. The summed E-state index contributed by atoms with van der Waals surface area (Å²) in [7, 11) is 0. The summed E-state index contributed by atoms with van der Waals surface area (Å²) in [5, 5.41) is 8.99. The molecule has 108 valence electrons. The number of amides is 1. The molecule has 1 aromatic carbocycles. The molecule has 1 aliphatic heterocycles. The van der Waals surface area contributed by atoms with Gasteiger partial charge in [-0.25, -0.2) is 4.79 Å². The Morgan fingerprint density at radius 1 is 1.35 bits per heavy atom. The summed E-state index contributed by atoms with van der Waals surface area (Å²) in [5.41, 5.74) is 0.639. The van der Waals surface area contributed by atoms with E-state index >= 15 is 0 Å². The highest BCUT2D eigenvalue weighted by atomic mass is 16.4. The maximum Gasteiger partial charge on any atom is 0.335 e. The molecule has 0 aliphatic carbocycles. The molecule has 0 saturated carbocycles. The van der Waals surface area contributed by atoms with Crippen LogP contribution in [0.15, 0.2) is 24.3 Å². The van der Waals surface area contributed by atoms with Crippen LogP contribution in [0.25, 0.3) is 0 Å². The first kappa shape index (κ1) is 14.6. The van der Waals surface area contributed by atoms with E-state index in [9.17, 15) is 9.59 Å². The van der Waals surface area contributed by atoms with Crippen molar-refractivity contribution in [2.24, 2.45) is 5.92 Å². The van der Waals surface area contributed by atoms with Crippen LogP contribution >= 0.6 is 0 Å². The molecule has 4 heteroatoms. The van der Waals surface area contributed by atoms with Gasteiger partial charge in [0.1, 0.15) is 0 Å². The molecule has 0 radical (unpaired) electrons. The number of likely N-dealkylation sites (tertiary alicyclic amines) is 1. The summed E-state index contributed by atoms with van der Waals surface area (Å²) in [4.78, 5) is 25.3. The van der Waals surface area contributed by atoms with Crippen LogP contribution in [0.1, 0.15) is 53.3 Å². The van der Waals surface area contributed by atoms with Gasteiger partial charge in [-0.2, -0.15) is 0 Å². The van der Waals surface area contributed by atoms with E-state index in [0.717, 1.165) is 32.4 Å². The van der Waals surface area contributed by atoms with Crippen LogP contribution in [-0.4, -0.2) is 35.0 Å². The molecule has 2 rings (SSSR count). The zero-order valence-corrected chi connectivity index (χ0v) is 11.8. The number of aromatic carboxylic acids is 1. The first-order chi connectivity index (χ1) is 9.61. The second-order valence-electron chi connectivity index (χ2n) is 5.43. The molecule has 1 aromatic rings. The molecule has 1 amide bonds. The molecule has 1 atom stereocenters. The number of piperidine rings is 1. The van der Waals surface area contributed by atoms with Crippen LogP contribution < -0.4 is 0 Å². The maximum atomic E-state index is 12.5. The van der Waals surface area contributed by atoms with Crippen LogP contribution in [0.4, 0.5) is 0 Å². The van der Waals surface area contributed by atoms with Gasteiger partial charge in [0.05, 0.1) is 5.56 Å². The third kappa shape index (κ3) is 3.38. The highest BCUT2D eigenvalue weighted by molar-refractivity contribution is 5.97. The Balaban J connectivity index is 2.10. The number of rotatable bonds is 4. The van der Waals surface area contributed by atoms with Gasteiger partial charge in [-0.3, -0.25) is 4.79 Å². The summed E-state index contributed by atoms with van der Waals surface area (Å²) in [5.74, 6) is -0.462. The van der Waals surface area contributed by atoms with Gasteiger partial charge in [-0.1, -0.05) is 19.4 Å². The van der Waals surface area contributed by atoms with Gasteiger partial charge in [0.15, 0.2) is 0 Å². The number of hydrogen-bond acceptors (Lipinski definition) is 2. The number of benzene rings is 1. The van der Waals surface area contributed by atoms with Gasteiger partial charge in [-0.05, 0) is 43.4 Å². The predicted octanol–water partition coefficient (Wildman–Crippen LogP) is 3.04. The van der Waals surface area contributed by atoms with E-state index in [-0.39, 0.29) is 11.5 Å². The number of carboxylic acids is 1. The van der Waals surface area contributed by atoms with Crippen molar-refractivity contribution >= 4 is 11.9 Å². The normalized spacial score (nSPS) is 18.9. The average Bonchev–Trinajstić information content (AvgIpc) is 2.47. The molecule has 1 unspecified atom stereocenters.